The highest BCUT2D eigenvalue weighted by Gasteiger charge is 2.19. The van der Waals surface area contributed by atoms with E-state index >= 15 is 0 Å². The van der Waals surface area contributed by atoms with Gasteiger partial charge in [-0.05, 0) is 36.5 Å². The van der Waals surface area contributed by atoms with Crippen LogP contribution in [0.3, 0.4) is 0 Å². The Kier molecular flexibility index (Phi) is 6.05. The topological polar surface area (TPSA) is 102 Å². The molecule has 0 aliphatic rings. The Labute approximate surface area is 173 Å². The summed E-state index contributed by atoms with van der Waals surface area (Å²) in [6.07, 6.45) is 1.33. The summed E-state index contributed by atoms with van der Waals surface area (Å²) in [7, 11) is -3.82. The van der Waals surface area contributed by atoms with Gasteiger partial charge >= 0.3 is 0 Å². The minimum atomic E-state index is -3.82. The van der Waals surface area contributed by atoms with Crippen molar-refractivity contribution in [2.75, 3.05) is 10.6 Å². The molecule has 0 aliphatic carbocycles. The lowest BCUT2D eigenvalue weighted by Gasteiger charge is -2.09. The Hall–Kier alpha value is -3.03. The smallest absolute Gasteiger partial charge is 0.238 e. The summed E-state index contributed by atoms with van der Waals surface area (Å²) in [5.74, 6) is -5.83. The molecule has 0 saturated carbocycles. The summed E-state index contributed by atoms with van der Waals surface area (Å²) in [5.41, 5.74) is -0.350. The number of nitrogens with zero attached hydrogens (tertiary/aromatic N) is 2. The molecule has 0 bridgehead atoms. The van der Waals surface area contributed by atoms with E-state index in [-0.39, 0.29) is 21.9 Å². The van der Waals surface area contributed by atoms with Crippen LogP contribution in [0.15, 0.2) is 47.5 Å². The number of hydrogen-bond acceptors (Lipinski definition) is 4. The van der Waals surface area contributed by atoms with Crippen LogP contribution in [0.25, 0.3) is 0 Å². The second-order valence-electron chi connectivity index (χ2n) is 5.99. The van der Waals surface area contributed by atoms with Gasteiger partial charge < -0.3 is 10.6 Å². The van der Waals surface area contributed by atoms with Crippen molar-refractivity contribution in [2.24, 2.45) is 5.14 Å². The number of aromatic nitrogens is 2. The van der Waals surface area contributed by atoms with Crippen molar-refractivity contribution in [3.63, 3.8) is 0 Å². The van der Waals surface area contributed by atoms with E-state index in [1.807, 2.05) is 0 Å². The molecule has 0 amide bonds. The fraction of sp³-hybridized carbons (Fsp3) is 0.0588. The molecule has 4 N–H and O–H groups in total. The number of sulfonamides is 1. The molecular formula is C17H13F4N5O2S2. The highest BCUT2D eigenvalue weighted by molar-refractivity contribution is 7.89. The number of halogens is 4. The molecule has 1 heterocycles. The molecule has 1 aromatic heterocycles. The first-order valence-electron chi connectivity index (χ1n) is 8.11. The van der Waals surface area contributed by atoms with Crippen LogP contribution in [0.4, 0.5) is 29.1 Å². The Bertz CT molecular complexity index is 1190. The molecule has 0 unspecified atom stereocenters. The van der Waals surface area contributed by atoms with Crippen LogP contribution in [0, 0.1) is 23.3 Å². The molecule has 13 heteroatoms. The lowest BCUT2D eigenvalue weighted by molar-refractivity contribution is 0.431. The first-order chi connectivity index (χ1) is 14.0. The third kappa shape index (κ3) is 4.93. The number of nitrogens with one attached hydrogen (secondary N) is 2. The van der Waals surface area contributed by atoms with E-state index in [0.29, 0.717) is 5.69 Å². The van der Waals surface area contributed by atoms with Crippen LogP contribution >= 0.6 is 12.2 Å². The van der Waals surface area contributed by atoms with Crippen LogP contribution < -0.4 is 15.8 Å². The number of anilines is 2. The zero-order chi connectivity index (χ0) is 22.1. The summed E-state index contributed by atoms with van der Waals surface area (Å²) in [6.45, 7) is -0.552. The van der Waals surface area contributed by atoms with Crippen LogP contribution in [-0.4, -0.2) is 23.3 Å². The van der Waals surface area contributed by atoms with Gasteiger partial charge in [-0.3, -0.25) is 4.68 Å². The van der Waals surface area contributed by atoms with Crippen LogP contribution in [0.5, 0.6) is 0 Å². The van der Waals surface area contributed by atoms with Gasteiger partial charge in [-0.15, -0.1) is 0 Å². The molecule has 0 atom stereocenters. The molecule has 0 spiro atoms. The van der Waals surface area contributed by atoms with Crippen LogP contribution in [-0.2, 0) is 16.6 Å². The third-order valence-electron chi connectivity index (χ3n) is 3.85. The maximum absolute atomic E-state index is 13.8. The normalized spacial score (nSPS) is 11.4. The molecule has 7 nitrogen and oxygen atoms in total. The summed E-state index contributed by atoms with van der Waals surface area (Å²) in [6, 6.07) is 7.01. The fourth-order valence-electron chi connectivity index (χ4n) is 2.45. The predicted molar refractivity (Wildman–Crippen MR) is 105 cm³/mol. The second-order valence-corrected chi connectivity index (χ2v) is 7.96. The molecule has 0 radical (unpaired) electrons. The number of benzene rings is 2. The van der Waals surface area contributed by atoms with Crippen molar-refractivity contribution in [1.82, 2.24) is 9.78 Å². The highest BCUT2D eigenvalue weighted by Crippen LogP contribution is 2.20. The van der Waals surface area contributed by atoms with E-state index < -0.39 is 45.4 Å². The first kappa shape index (κ1) is 21.7. The minimum Gasteiger partial charge on any atom is -0.332 e. The van der Waals surface area contributed by atoms with E-state index in [1.165, 1.54) is 36.5 Å². The highest BCUT2D eigenvalue weighted by atomic mass is 32.2. The van der Waals surface area contributed by atoms with Crippen molar-refractivity contribution in [3.05, 3.63) is 71.4 Å². The Morgan fingerprint density at radius 2 is 1.63 bits per heavy atom. The van der Waals surface area contributed by atoms with Gasteiger partial charge in [0.25, 0.3) is 0 Å². The third-order valence-corrected chi connectivity index (χ3v) is 4.98. The van der Waals surface area contributed by atoms with E-state index in [2.05, 4.69) is 15.7 Å². The van der Waals surface area contributed by atoms with Crippen molar-refractivity contribution >= 4 is 38.9 Å². The van der Waals surface area contributed by atoms with Gasteiger partial charge in [0.1, 0.15) is 0 Å². The van der Waals surface area contributed by atoms with Crippen molar-refractivity contribution in [1.29, 1.82) is 0 Å². The monoisotopic (exact) mass is 459 g/mol. The van der Waals surface area contributed by atoms with Gasteiger partial charge in [0, 0.05) is 24.0 Å². The van der Waals surface area contributed by atoms with Crippen LogP contribution in [0.1, 0.15) is 5.56 Å². The Balaban J connectivity index is 1.67. The van der Waals surface area contributed by atoms with Gasteiger partial charge in [-0.1, -0.05) is 0 Å². The number of thiocarbonyl (C=S) groups is 1. The lowest BCUT2D eigenvalue weighted by atomic mass is 10.2. The molecule has 158 valence electrons. The standard InChI is InChI=1S/C17H13F4N5O2S2/c18-12-7-13(19)16(21)11(15(12)20)8-26-6-5-14(25-26)24-17(29)23-9-1-3-10(4-2-9)30(22,27)28/h1-7H,8H2,(H2,22,27,28)(H2,23,24,25,29). The maximum atomic E-state index is 13.8. The largest absolute Gasteiger partial charge is 0.332 e. The molecule has 0 aliphatic heterocycles. The fourth-order valence-corrected chi connectivity index (χ4v) is 3.18. The van der Waals surface area contributed by atoms with Crippen molar-refractivity contribution in [3.8, 4) is 0 Å². The molecular weight excluding hydrogens is 446 g/mol. The van der Waals surface area contributed by atoms with E-state index in [0.717, 1.165) is 4.68 Å². The Morgan fingerprint density at radius 1 is 1.03 bits per heavy atom. The molecule has 3 rings (SSSR count). The average Bonchev–Trinajstić information content (AvgIpc) is 3.10. The lowest BCUT2D eigenvalue weighted by Crippen LogP contribution is -2.20. The minimum absolute atomic E-state index is 0.0704. The predicted octanol–water partition coefficient (Wildman–Crippen LogP) is 2.94. The number of nitrogens with two attached hydrogens (primary N) is 1. The maximum Gasteiger partial charge on any atom is 0.238 e. The summed E-state index contributed by atoms with van der Waals surface area (Å²) in [5, 5.41) is 14.6. The molecule has 3 aromatic rings. The van der Waals surface area contributed by atoms with Gasteiger partial charge in [0.2, 0.25) is 10.0 Å². The Morgan fingerprint density at radius 3 is 2.20 bits per heavy atom. The van der Waals surface area contributed by atoms with Crippen molar-refractivity contribution in [2.45, 2.75) is 11.4 Å². The van der Waals surface area contributed by atoms with Crippen molar-refractivity contribution < 1.29 is 26.0 Å². The van der Waals surface area contributed by atoms with Gasteiger partial charge in [-0.25, -0.2) is 31.1 Å². The molecule has 30 heavy (non-hydrogen) atoms. The molecule has 0 fully saturated rings. The van der Waals surface area contributed by atoms with E-state index in [9.17, 15) is 26.0 Å². The molecule has 0 saturated heterocycles. The molecule has 2 aromatic carbocycles. The average molecular weight is 459 g/mol. The summed E-state index contributed by atoms with van der Waals surface area (Å²) >= 11 is 5.11. The number of primary sulfonamides is 1. The first-order valence-corrected chi connectivity index (χ1v) is 10.1. The number of hydrogen-bond donors (Lipinski definition) is 3. The number of rotatable bonds is 5. The zero-order valence-electron chi connectivity index (χ0n) is 14.9. The quantitative estimate of drug-likeness (QED) is 0.308. The van der Waals surface area contributed by atoms with Gasteiger partial charge in [0.05, 0.1) is 17.0 Å². The van der Waals surface area contributed by atoms with E-state index in [1.54, 1.807) is 0 Å². The summed E-state index contributed by atoms with van der Waals surface area (Å²) < 4.78 is 77.7. The van der Waals surface area contributed by atoms with Crippen LogP contribution in [0.2, 0.25) is 0 Å². The van der Waals surface area contributed by atoms with Gasteiger partial charge in [0.15, 0.2) is 34.2 Å². The SMILES string of the molecule is NS(=O)(=O)c1ccc(NC(=S)Nc2ccn(Cc3c(F)c(F)cc(F)c3F)n2)cc1. The van der Waals surface area contributed by atoms with Gasteiger partial charge in [-0.2, -0.15) is 5.10 Å². The second kappa shape index (κ2) is 8.38. The van der Waals surface area contributed by atoms with E-state index in [4.69, 9.17) is 17.4 Å². The zero-order valence-corrected chi connectivity index (χ0v) is 16.5. The summed E-state index contributed by atoms with van der Waals surface area (Å²) in [4.78, 5) is -0.0704.